The van der Waals surface area contributed by atoms with Gasteiger partial charge in [0.25, 0.3) is 0 Å². The molecular formula is C67H81N9O21S. The highest BCUT2D eigenvalue weighted by Gasteiger charge is 2.28. The molecule has 5 N–H and O–H groups in total. The highest BCUT2D eigenvalue weighted by atomic mass is 32.2. The van der Waals surface area contributed by atoms with Crippen LogP contribution in [0.4, 0.5) is 33.6 Å². The van der Waals surface area contributed by atoms with Crippen molar-refractivity contribution in [2.24, 2.45) is 10.3 Å². The molecule has 526 valence electrons. The topological polar surface area (TPSA) is 381 Å². The average molecular weight is 1380 g/mol. The zero-order valence-corrected chi connectivity index (χ0v) is 55.7. The van der Waals surface area contributed by atoms with Crippen molar-refractivity contribution in [2.45, 2.75) is 112 Å². The van der Waals surface area contributed by atoms with E-state index in [4.69, 9.17) is 43.2 Å². The summed E-state index contributed by atoms with van der Waals surface area (Å²) < 4.78 is 31.0. The number of amides is 10. The predicted octanol–water partition coefficient (Wildman–Crippen LogP) is 9.11. The zero-order chi connectivity index (χ0) is 71.6. The molecule has 0 saturated carbocycles. The summed E-state index contributed by atoms with van der Waals surface area (Å²) in [6.07, 6.45) is -0.913. The average Bonchev–Trinajstić information content (AvgIpc) is 0.904. The molecule has 0 radical (unpaired) electrons. The monoisotopic (exact) mass is 1380 g/mol. The van der Waals surface area contributed by atoms with Gasteiger partial charge in [0.1, 0.15) is 39.6 Å². The Morgan fingerprint density at radius 2 is 0.796 bits per heavy atom. The molecule has 98 heavy (non-hydrogen) atoms. The molecular weight excluding hydrogens is 1300 g/mol. The molecule has 0 atom stereocenters. The van der Waals surface area contributed by atoms with Gasteiger partial charge in [-0.3, -0.25) is 14.4 Å². The highest BCUT2D eigenvalue weighted by Crippen LogP contribution is 2.17. The lowest BCUT2D eigenvalue weighted by molar-refractivity contribution is -0.144. The Morgan fingerprint density at radius 1 is 0.449 bits per heavy atom. The van der Waals surface area contributed by atoms with Crippen molar-refractivity contribution in [2.75, 3.05) is 51.1 Å². The van der Waals surface area contributed by atoms with Gasteiger partial charge in [-0.15, -0.1) is 0 Å². The summed E-state index contributed by atoms with van der Waals surface area (Å²) in [4.78, 5) is 166. The molecule has 0 unspecified atom stereocenters. The largest absolute Gasteiger partial charge is 0.481 e. The minimum Gasteiger partial charge on any atom is -0.481 e. The van der Waals surface area contributed by atoms with Crippen LogP contribution in [0.3, 0.4) is 0 Å². The lowest BCUT2D eigenvalue weighted by Gasteiger charge is -2.23. The van der Waals surface area contributed by atoms with E-state index in [1.165, 1.54) is 11.8 Å². The van der Waals surface area contributed by atoms with Gasteiger partial charge in [0, 0.05) is 49.8 Å². The number of rotatable bonds is 38. The molecule has 4 aromatic rings. The van der Waals surface area contributed by atoms with Crippen LogP contribution in [0, 0.1) is 0 Å². The molecule has 31 heteroatoms. The summed E-state index contributed by atoms with van der Waals surface area (Å²) in [6.45, 7) is 9.76. The Balaban J connectivity index is 1.51. The number of carbonyl (C=O) groups is 12. The number of carboxylic acids is 1. The minimum atomic E-state index is -1.16. The summed E-state index contributed by atoms with van der Waals surface area (Å²) in [5.41, 5.74) is 5.24. The Kier molecular flexibility index (Phi) is 36.1. The number of aryl methyl sites for hydroxylation is 1. The lowest BCUT2D eigenvalue weighted by Crippen LogP contribution is -2.44. The fraction of sp³-hybridized carbons (Fsp3) is 0.373. The number of benzene rings is 4. The summed E-state index contributed by atoms with van der Waals surface area (Å²) in [5.74, 6) is -3.05. The molecule has 30 nitrogen and oxygen atoms in total. The van der Waals surface area contributed by atoms with E-state index in [1.807, 2.05) is 13.8 Å². The van der Waals surface area contributed by atoms with E-state index in [9.17, 15) is 57.5 Å². The van der Waals surface area contributed by atoms with Gasteiger partial charge in [0.2, 0.25) is 0 Å². The normalized spacial score (nSPS) is 10.9. The minimum absolute atomic E-state index is 0.00338. The summed E-state index contributed by atoms with van der Waals surface area (Å²) in [5, 5.41) is 27.0. The van der Waals surface area contributed by atoms with E-state index < -0.39 is 98.7 Å². The Labute approximate surface area is 570 Å². The predicted molar refractivity (Wildman–Crippen MR) is 355 cm³/mol. The fourth-order valence-corrected chi connectivity index (χ4v) is 8.81. The van der Waals surface area contributed by atoms with Gasteiger partial charge in [0.15, 0.2) is 0 Å². The second-order valence-corrected chi connectivity index (χ2v) is 22.1. The number of oxime groups is 2. The Morgan fingerprint density at radius 3 is 1.19 bits per heavy atom. The number of esters is 3. The van der Waals surface area contributed by atoms with Crippen molar-refractivity contribution in [3.63, 3.8) is 0 Å². The summed E-state index contributed by atoms with van der Waals surface area (Å²) >= 11 is 1.26. The van der Waals surface area contributed by atoms with Crippen LogP contribution in [0.1, 0.15) is 104 Å². The van der Waals surface area contributed by atoms with Crippen molar-refractivity contribution in [3.05, 3.63) is 167 Å². The van der Waals surface area contributed by atoms with Crippen LogP contribution in [0.5, 0.6) is 0 Å². The van der Waals surface area contributed by atoms with E-state index in [1.54, 1.807) is 111 Å². The van der Waals surface area contributed by atoms with Gasteiger partial charge < -0.3 is 59.6 Å². The molecule has 0 heterocycles. The van der Waals surface area contributed by atoms with E-state index in [2.05, 4.69) is 44.7 Å². The third-order valence-electron chi connectivity index (χ3n) is 13.3. The molecule has 0 spiro atoms. The molecule has 0 fully saturated rings. The maximum absolute atomic E-state index is 14.1. The number of imide groups is 3. The highest BCUT2D eigenvalue weighted by molar-refractivity contribution is 7.99. The van der Waals surface area contributed by atoms with Crippen LogP contribution < -0.4 is 21.3 Å². The summed E-state index contributed by atoms with van der Waals surface area (Å²) in [7, 11) is 0. The standard InChI is InChI=1S/C67H81N9O21S/c1-7-46(5)72-96-60(82)24-23-48-15-11-16-49(35-48)39-68-61(83)74(67(89)95-32-29-92-59(81)26-34-98-33-25-56(77)78)43-53-20-12-17-50(36-53)40-69-62(84)75(65(87)93-30-27-90-57(79)9-3)44-54-21-13-18-51(37-54)41-70-63(85)76(66(88)94-31-28-91-58(80)10-4)45-55-22-14-19-52(38-55)42-71-64(86)97-73-47(6)8-2/h9-22,35-38H,3-4,7-8,23-34,39-45H2,1-2,5-6H3,(H,68,83)(H,69,84)(H,70,85)(H,71,86)(H,77,78)/b72-46+,73-47+. The number of urea groups is 3. The molecule has 0 aromatic heterocycles. The third kappa shape index (κ3) is 31.9. The smallest absolute Gasteiger partial charge is 0.433 e. The number of carboxylic acid groups (broad SMARTS) is 1. The van der Waals surface area contributed by atoms with Crippen LogP contribution in [0.25, 0.3) is 0 Å². The first-order valence-corrected chi connectivity index (χ1v) is 32.0. The zero-order valence-electron chi connectivity index (χ0n) is 54.9. The van der Waals surface area contributed by atoms with Crippen LogP contribution in [-0.4, -0.2) is 155 Å². The van der Waals surface area contributed by atoms with Crippen molar-refractivity contribution < 1.29 is 101 Å². The quantitative estimate of drug-likeness (QED) is 0.00531. The van der Waals surface area contributed by atoms with E-state index in [0.717, 1.165) is 32.4 Å². The number of aliphatic carboxylic acids is 1. The van der Waals surface area contributed by atoms with Gasteiger partial charge >= 0.3 is 72.3 Å². The maximum Gasteiger partial charge on any atom is 0.433 e. The molecule has 4 aromatic carbocycles. The van der Waals surface area contributed by atoms with Crippen molar-refractivity contribution >= 4 is 95.5 Å². The van der Waals surface area contributed by atoms with Crippen LogP contribution in [0.15, 0.2) is 133 Å². The van der Waals surface area contributed by atoms with E-state index in [0.29, 0.717) is 81.1 Å². The third-order valence-corrected chi connectivity index (χ3v) is 14.3. The Hall–Kier alpha value is -11.1. The first kappa shape index (κ1) is 79.3. The molecule has 4 rings (SSSR count). The second kappa shape index (κ2) is 44.5. The molecule has 10 amide bonds. The van der Waals surface area contributed by atoms with E-state index >= 15 is 0 Å². The fourth-order valence-electron chi connectivity index (χ4n) is 7.98. The number of nitrogens with one attached hydrogen (secondary N) is 4. The molecule has 0 saturated heterocycles. The number of hydrogen-bond donors (Lipinski definition) is 5. The van der Waals surface area contributed by atoms with Gasteiger partial charge in [-0.05, 0) is 77.6 Å². The van der Waals surface area contributed by atoms with Gasteiger partial charge in [-0.1, -0.05) is 134 Å². The molecule has 0 aliphatic rings. The van der Waals surface area contributed by atoms with Crippen molar-refractivity contribution in [1.82, 2.24) is 36.0 Å². The number of ether oxygens (including phenoxy) is 6. The Bertz CT molecular complexity index is 3490. The summed E-state index contributed by atoms with van der Waals surface area (Å²) in [6, 6.07) is 23.6. The number of nitrogens with zero attached hydrogens (tertiary/aromatic N) is 5. The van der Waals surface area contributed by atoms with Gasteiger partial charge in [-0.25, -0.2) is 62.6 Å². The number of carbonyl (C=O) groups excluding carboxylic acids is 11. The maximum atomic E-state index is 14.1. The van der Waals surface area contributed by atoms with Crippen LogP contribution in [-0.2, 0) is 114 Å². The molecule has 0 aliphatic carbocycles. The van der Waals surface area contributed by atoms with Crippen molar-refractivity contribution in [3.8, 4) is 0 Å². The molecule has 0 aliphatic heterocycles. The van der Waals surface area contributed by atoms with Gasteiger partial charge in [-0.2, -0.15) is 11.8 Å². The second-order valence-electron chi connectivity index (χ2n) is 20.9. The number of hydrogen-bond acceptors (Lipinski definition) is 23. The van der Waals surface area contributed by atoms with Crippen LogP contribution >= 0.6 is 11.8 Å². The van der Waals surface area contributed by atoms with Crippen molar-refractivity contribution in [1.29, 1.82) is 0 Å². The molecule has 0 bridgehead atoms. The van der Waals surface area contributed by atoms with Crippen LogP contribution in [0.2, 0.25) is 0 Å². The van der Waals surface area contributed by atoms with E-state index in [-0.39, 0.29) is 78.4 Å². The number of thioether (sulfide) groups is 1. The first-order valence-electron chi connectivity index (χ1n) is 30.8. The lowest BCUT2D eigenvalue weighted by atomic mass is 10.1. The SMILES string of the molecule is C=CC(=O)OCCOC(=O)N(Cc1cccc(CNC(=O)O/N=C(\C)CC)c1)C(=O)NCc1cccc(CN(C(=O)NCc2cccc(CN(C(=O)NCc3cccc(CCC(=O)O/N=C(\C)CC)c3)C(=O)OCCOC(=O)CCSCCC(=O)O)c2)C(=O)OCCOC(=O)C=C)c1. The van der Waals surface area contributed by atoms with Gasteiger partial charge in [0.05, 0.1) is 50.3 Å². The first-order chi connectivity index (χ1) is 47.1.